The van der Waals surface area contributed by atoms with Crippen LogP contribution in [0, 0.1) is 28.6 Å². The Labute approximate surface area is 201 Å². The number of carboxylic acid groups (broad SMARTS) is 1. The first-order chi connectivity index (χ1) is 15.7. The number of rotatable bonds is 6. The average Bonchev–Trinajstić information content (AvgIpc) is 2.96. The predicted octanol–water partition coefficient (Wildman–Crippen LogP) is 3.06. The lowest BCUT2D eigenvalue weighted by atomic mass is 9.44. The van der Waals surface area contributed by atoms with E-state index in [1.807, 2.05) is 0 Å². The number of halogens is 2. The Hall–Kier alpha value is -1.58. The van der Waals surface area contributed by atoms with Gasteiger partial charge in [0.1, 0.15) is 11.8 Å². The van der Waals surface area contributed by atoms with Gasteiger partial charge in [0.25, 0.3) is 0 Å². The van der Waals surface area contributed by atoms with E-state index in [0.717, 1.165) is 17.8 Å². The maximum absolute atomic E-state index is 17.1. The molecule has 0 aliphatic heterocycles. The van der Waals surface area contributed by atoms with Gasteiger partial charge < -0.3 is 15.3 Å². The average molecular weight is 499 g/mol. The molecule has 4 aliphatic carbocycles. The summed E-state index contributed by atoms with van der Waals surface area (Å²) in [5.41, 5.74) is -6.76. The first-order valence-corrected chi connectivity index (χ1v) is 12.9. The highest BCUT2D eigenvalue weighted by molar-refractivity contribution is 7.99. The van der Waals surface area contributed by atoms with Gasteiger partial charge in [-0.25, -0.2) is 8.78 Å². The monoisotopic (exact) mass is 498 g/mol. The number of aliphatic carboxylic acids is 1. The second-order valence-electron chi connectivity index (χ2n) is 10.9. The molecule has 0 aromatic rings. The molecule has 4 aliphatic rings. The minimum absolute atomic E-state index is 0.0358. The molecule has 0 saturated heterocycles. The Morgan fingerprint density at radius 1 is 1.24 bits per heavy atom. The van der Waals surface area contributed by atoms with Gasteiger partial charge in [-0.3, -0.25) is 14.4 Å². The Morgan fingerprint density at radius 3 is 2.56 bits per heavy atom. The van der Waals surface area contributed by atoms with Crippen LogP contribution in [0.3, 0.4) is 0 Å². The Kier molecular flexibility index (Phi) is 6.18. The van der Waals surface area contributed by atoms with Crippen LogP contribution in [0.4, 0.5) is 8.78 Å². The van der Waals surface area contributed by atoms with E-state index in [0.29, 0.717) is 6.42 Å². The van der Waals surface area contributed by atoms with Crippen LogP contribution < -0.4 is 0 Å². The fourth-order valence-corrected chi connectivity index (χ4v) is 8.44. The minimum Gasteiger partial charge on any atom is -0.481 e. The van der Waals surface area contributed by atoms with Gasteiger partial charge >= 0.3 is 5.97 Å². The highest BCUT2D eigenvalue weighted by atomic mass is 32.2. The van der Waals surface area contributed by atoms with E-state index in [2.05, 4.69) is 0 Å². The number of Topliss-reactive ketones (excluding diaryl/α,β-unsaturated/α-hetero) is 1. The molecule has 3 fully saturated rings. The van der Waals surface area contributed by atoms with Crippen molar-refractivity contribution in [3.05, 3.63) is 23.8 Å². The van der Waals surface area contributed by atoms with Gasteiger partial charge in [0.15, 0.2) is 17.2 Å². The third-order valence-corrected chi connectivity index (χ3v) is 10.3. The van der Waals surface area contributed by atoms with Crippen molar-refractivity contribution in [2.75, 3.05) is 11.5 Å². The van der Waals surface area contributed by atoms with Gasteiger partial charge in [-0.1, -0.05) is 19.9 Å². The summed E-state index contributed by atoms with van der Waals surface area (Å²) in [5.74, 6) is -3.81. The van der Waals surface area contributed by atoms with E-state index in [-0.39, 0.29) is 36.3 Å². The minimum atomic E-state index is -2.26. The summed E-state index contributed by atoms with van der Waals surface area (Å²) in [5, 5.41) is 31.9. The number of ketones is 2. The Morgan fingerprint density at radius 2 is 1.91 bits per heavy atom. The highest BCUT2D eigenvalue weighted by Gasteiger charge is 2.76. The first-order valence-electron chi connectivity index (χ1n) is 11.7. The highest BCUT2D eigenvalue weighted by Crippen LogP contribution is 2.71. The van der Waals surface area contributed by atoms with Gasteiger partial charge in [0.2, 0.25) is 0 Å². The number of thioether (sulfide) groups is 1. The summed E-state index contributed by atoms with van der Waals surface area (Å²) >= 11 is 1.12. The lowest BCUT2D eigenvalue weighted by molar-refractivity contribution is -0.222. The number of alkyl halides is 2. The van der Waals surface area contributed by atoms with Crippen LogP contribution in [0.5, 0.6) is 0 Å². The van der Waals surface area contributed by atoms with E-state index in [1.165, 1.54) is 19.1 Å². The zero-order valence-electron chi connectivity index (χ0n) is 19.6. The number of fused-ring (bicyclic) bond motifs is 5. The van der Waals surface area contributed by atoms with Crippen LogP contribution in [0.25, 0.3) is 0 Å². The van der Waals surface area contributed by atoms with Crippen molar-refractivity contribution >= 4 is 29.3 Å². The topological polar surface area (TPSA) is 112 Å². The summed E-state index contributed by atoms with van der Waals surface area (Å²) < 4.78 is 32.5. The van der Waals surface area contributed by atoms with E-state index in [9.17, 15) is 24.6 Å². The maximum atomic E-state index is 17.1. The number of hydrogen-bond acceptors (Lipinski definition) is 6. The quantitative estimate of drug-likeness (QED) is 0.483. The number of allylic oxidation sites excluding steroid dienone is 4. The number of carboxylic acids is 1. The normalized spacial score (nSPS) is 47.4. The van der Waals surface area contributed by atoms with E-state index < -0.39 is 69.7 Å². The molecular formula is C25H32F2O6S. The lowest BCUT2D eigenvalue weighted by Crippen LogP contribution is -2.70. The lowest BCUT2D eigenvalue weighted by Gasteiger charge is -2.63. The molecule has 3 saturated carbocycles. The summed E-state index contributed by atoms with van der Waals surface area (Å²) in [6, 6.07) is 0. The zero-order valence-corrected chi connectivity index (χ0v) is 20.4. The fraction of sp³-hybridized carbons (Fsp3) is 0.720. The van der Waals surface area contributed by atoms with Crippen molar-refractivity contribution in [3.8, 4) is 0 Å². The van der Waals surface area contributed by atoms with Gasteiger partial charge in [-0.05, 0) is 55.7 Å². The zero-order chi connectivity index (χ0) is 25.3. The molecule has 0 aromatic carbocycles. The van der Waals surface area contributed by atoms with Crippen molar-refractivity contribution in [1.29, 1.82) is 0 Å². The number of hydrogen-bond donors (Lipinski definition) is 3. The van der Waals surface area contributed by atoms with Crippen LogP contribution >= 0.6 is 11.8 Å². The van der Waals surface area contributed by atoms with Crippen LogP contribution in [0.1, 0.15) is 46.5 Å². The number of carbonyl (C=O) groups excluding carboxylic acids is 2. The molecule has 0 heterocycles. The van der Waals surface area contributed by atoms with Crippen molar-refractivity contribution in [1.82, 2.24) is 0 Å². The molecule has 0 spiro atoms. The Balaban J connectivity index is 1.69. The van der Waals surface area contributed by atoms with Crippen molar-refractivity contribution in [3.63, 3.8) is 0 Å². The van der Waals surface area contributed by atoms with E-state index >= 15 is 8.78 Å². The van der Waals surface area contributed by atoms with Crippen molar-refractivity contribution in [2.24, 2.45) is 28.6 Å². The second-order valence-corrected chi connectivity index (χ2v) is 12.0. The predicted molar refractivity (Wildman–Crippen MR) is 123 cm³/mol. The number of aliphatic hydroxyl groups excluding tert-OH is 1. The first kappa shape index (κ1) is 25.5. The molecule has 0 radical (unpaired) electrons. The molecule has 4 rings (SSSR count). The molecule has 0 amide bonds. The second kappa shape index (κ2) is 8.23. The van der Waals surface area contributed by atoms with Gasteiger partial charge in [0.05, 0.1) is 18.3 Å². The fourth-order valence-electron chi connectivity index (χ4n) is 7.57. The molecule has 9 atom stereocenters. The summed E-state index contributed by atoms with van der Waals surface area (Å²) in [6.07, 6.45) is 0.324. The van der Waals surface area contributed by atoms with E-state index in [1.54, 1.807) is 13.8 Å². The third-order valence-electron chi connectivity index (χ3n) is 9.33. The SMILES string of the molecule is CC1C[C@H]2[C@@H]3CC(F)C4=CC(=O)C=C[C@]4(C)[C@@]3(F)C(O)C[C@]2(C)[C@@]1(O)C(=O)CSCCC(=O)O. The van der Waals surface area contributed by atoms with Gasteiger partial charge in [-0.15, -0.1) is 0 Å². The van der Waals surface area contributed by atoms with Gasteiger partial charge in [0, 0.05) is 22.5 Å². The molecule has 3 N–H and O–H groups in total. The number of carbonyl (C=O) groups is 3. The molecule has 0 bridgehead atoms. The van der Waals surface area contributed by atoms with E-state index in [4.69, 9.17) is 5.11 Å². The standard InChI is InChI=1S/C25H32F2O6S/c1-13-8-15-16-10-18(26)17-9-14(28)4-6-22(17,2)24(16,27)19(29)11-23(15,3)25(13,33)20(30)12-34-7-5-21(31)32/h4,6,9,13,15-16,18-19,29,33H,5,7-8,10-12H2,1-3H3,(H,31,32)/t13?,15-,16-,18?,19?,22-,23-,24-,25-/m0/s1. The Bertz CT molecular complexity index is 982. The molecule has 3 unspecified atom stereocenters. The number of aliphatic hydroxyl groups is 2. The van der Waals surface area contributed by atoms with Gasteiger partial charge in [-0.2, -0.15) is 11.8 Å². The molecule has 6 nitrogen and oxygen atoms in total. The summed E-state index contributed by atoms with van der Waals surface area (Å²) in [4.78, 5) is 36.0. The van der Waals surface area contributed by atoms with Crippen LogP contribution in [0.15, 0.2) is 23.8 Å². The molecule has 0 aromatic heterocycles. The molecule has 9 heteroatoms. The molecule has 34 heavy (non-hydrogen) atoms. The van der Waals surface area contributed by atoms with Crippen molar-refractivity contribution < 1.29 is 38.5 Å². The largest absolute Gasteiger partial charge is 0.481 e. The molecular weight excluding hydrogens is 466 g/mol. The van der Waals surface area contributed by atoms with Crippen LogP contribution in [0.2, 0.25) is 0 Å². The summed E-state index contributed by atoms with van der Waals surface area (Å²) in [6.45, 7) is 4.92. The molecule has 188 valence electrons. The van der Waals surface area contributed by atoms with Crippen LogP contribution in [-0.4, -0.2) is 67.9 Å². The summed E-state index contributed by atoms with van der Waals surface area (Å²) in [7, 11) is 0. The van der Waals surface area contributed by atoms with Crippen LogP contribution in [-0.2, 0) is 14.4 Å². The smallest absolute Gasteiger partial charge is 0.304 e. The maximum Gasteiger partial charge on any atom is 0.304 e. The third kappa shape index (κ3) is 3.22. The van der Waals surface area contributed by atoms with Crippen molar-refractivity contribution in [2.45, 2.75) is 70.0 Å².